The van der Waals surface area contributed by atoms with E-state index in [1.807, 2.05) is 6.92 Å². The highest BCUT2D eigenvalue weighted by atomic mass is 19.4. The predicted octanol–water partition coefficient (Wildman–Crippen LogP) is 1.75. The van der Waals surface area contributed by atoms with E-state index >= 15 is 0 Å². The summed E-state index contributed by atoms with van der Waals surface area (Å²) in [5.74, 6) is -0.492. The minimum Gasteiger partial charge on any atom is -0.374 e. The summed E-state index contributed by atoms with van der Waals surface area (Å²) in [6.45, 7) is 2.02. The number of carbonyl (C=O) groups excluding carboxylic acids is 1. The number of nitrogens with one attached hydrogen (secondary N) is 1. The zero-order valence-corrected chi connectivity index (χ0v) is 13.1. The molecule has 1 unspecified atom stereocenters. The van der Waals surface area contributed by atoms with E-state index in [4.69, 9.17) is 0 Å². The SMILES string of the molecule is CCN(C(=O)NCCC(O)(c1nccn1C)C(F)(F)F)C1CC1. The molecule has 9 heteroatoms. The van der Waals surface area contributed by atoms with Crippen molar-refractivity contribution in [3.8, 4) is 0 Å². The van der Waals surface area contributed by atoms with Crippen LogP contribution >= 0.6 is 0 Å². The number of aliphatic hydroxyl groups is 1. The summed E-state index contributed by atoms with van der Waals surface area (Å²) in [6.07, 6.45) is -1.23. The fourth-order valence-electron chi connectivity index (χ4n) is 2.55. The van der Waals surface area contributed by atoms with Gasteiger partial charge < -0.3 is 19.9 Å². The molecule has 0 radical (unpaired) electrons. The minimum absolute atomic E-state index is 0.177. The van der Waals surface area contributed by atoms with Gasteiger partial charge in [-0.15, -0.1) is 0 Å². The molecular weight excluding hydrogens is 313 g/mol. The van der Waals surface area contributed by atoms with E-state index in [2.05, 4.69) is 10.3 Å². The highest BCUT2D eigenvalue weighted by Gasteiger charge is 2.57. The standard InChI is InChI=1S/C14H21F3N4O2/c1-3-21(10-4-5-10)12(22)19-7-6-13(23,14(15,16)17)11-18-8-9-20(11)2/h8-10,23H,3-7H2,1-2H3,(H,19,22). The molecule has 6 nitrogen and oxygen atoms in total. The Balaban J connectivity index is 2.02. The van der Waals surface area contributed by atoms with Crippen molar-refractivity contribution in [2.45, 2.75) is 44.0 Å². The zero-order chi connectivity index (χ0) is 17.3. The molecule has 1 saturated carbocycles. The van der Waals surface area contributed by atoms with Gasteiger partial charge in [-0.2, -0.15) is 13.2 Å². The second-order valence-corrected chi connectivity index (χ2v) is 5.72. The van der Waals surface area contributed by atoms with Crippen LogP contribution in [-0.4, -0.2) is 50.9 Å². The van der Waals surface area contributed by atoms with Gasteiger partial charge in [0.1, 0.15) is 5.82 Å². The third-order valence-corrected chi connectivity index (χ3v) is 4.01. The highest BCUT2D eigenvalue weighted by molar-refractivity contribution is 5.74. The monoisotopic (exact) mass is 334 g/mol. The Morgan fingerprint density at radius 1 is 1.52 bits per heavy atom. The third-order valence-electron chi connectivity index (χ3n) is 4.01. The van der Waals surface area contributed by atoms with Crippen LogP contribution in [0, 0.1) is 0 Å². The van der Waals surface area contributed by atoms with E-state index in [-0.39, 0.29) is 12.6 Å². The van der Waals surface area contributed by atoms with Crippen LogP contribution < -0.4 is 5.32 Å². The lowest BCUT2D eigenvalue weighted by Gasteiger charge is -2.30. The number of amides is 2. The topological polar surface area (TPSA) is 70.4 Å². The van der Waals surface area contributed by atoms with Crippen LogP contribution in [0.15, 0.2) is 12.4 Å². The molecule has 0 spiro atoms. The molecule has 0 aromatic carbocycles. The molecule has 23 heavy (non-hydrogen) atoms. The first kappa shape index (κ1) is 17.6. The molecule has 0 saturated heterocycles. The smallest absolute Gasteiger partial charge is 0.374 e. The van der Waals surface area contributed by atoms with Crippen LogP contribution in [0.25, 0.3) is 0 Å². The van der Waals surface area contributed by atoms with Crippen LogP contribution in [0.1, 0.15) is 32.0 Å². The second kappa shape index (κ2) is 6.38. The molecule has 130 valence electrons. The highest BCUT2D eigenvalue weighted by Crippen LogP contribution is 2.40. The van der Waals surface area contributed by atoms with Gasteiger partial charge in [0.2, 0.25) is 5.60 Å². The predicted molar refractivity (Wildman–Crippen MR) is 76.6 cm³/mol. The maximum absolute atomic E-state index is 13.3. The molecule has 1 aromatic rings. The number of carbonyl (C=O) groups is 1. The summed E-state index contributed by atoms with van der Waals surface area (Å²) in [5.41, 5.74) is -3.10. The Morgan fingerprint density at radius 3 is 2.61 bits per heavy atom. The number of aromatic nitrogens is 2. The summed E-state index contributed by atoms with van der Waals surface area (Å²) in [7, 11) is 1.38. The first-order valence-electron chi connectivity index (χ1n) is 7.52. The second-order valence-electron chi connectivity index (χ2n) is 5.72. The van der Waals surface area contributed by atoms with Crippen LogP contribution in [0.3, 0.4) is 0 Å². The van der Waals surface area contributed by atoms with E-state index in [0.717, 1.165) is 17.4 Å². The molecule has 1 heterocycles. The Hall–Kier alpha value is -1.77. The normalized spacial score (nSPS) is 17.7. The first-order valence-corrected chi connectivity index (χ1v) is 7.52. The number of urea groups is 1. The molecule has 1 aliphatic rings. The molecule has 2 rings (SSSR count). The number of aryl methyl sites for hydroxylation is 1. The van der Waals surface area contributed by atoms with Crippen LogP contribution in [-0.2, 0) is 12.6 Å². The van der Waals surface area contributed by atoms with Gasteiger partial charge in [0.15, 0.2) is 0 Å². The number of nitrogens with zero attached hydrogens (tertiary/aromatic N) is 3. The van der Waals surface area contributed by atoms with Gasteiger partial charge in [-0.25, -0.2) is 9.78 Å². The summed E-state index contributed by atoms with van der Waals surface area (Å²) in [4.78, 5) is 17.2. The quantitative estimate of drug-likeness (QED) is 0.833. The van der Waals surface area contributed by atoms with Gasteiger partial charge in [0.05, 0.1) is 0 Å². The van der Waals surface area contributed by atoms with Gasteiger partial charge in [0, 0.05) is 45.0 Å². The molecule has 1 fully saturated rings. The van der Waals surface area contributed by atoms with Crippen LogP contribution in [0.5, 0.6) is 0 Å². The lowest BCUT2D eigenvalue weighted by atomic mass is 9.97. The number of rotatable bonds is 6. The first-order chi connectivity index (χ1) is 10.7. The summed E-state index contributed by atoms with van der Waals surface area (Å²) in [5, 5.41) is 12.6. The van der Waals surface area contributed by atoms with Crippen LogP contribution in [0.4, 0.5) is 18.0 Å². The molecule has 1 aromatic heterocycles. The van der Waals surface area contributed by atoms with E-state index in [0.29, 0.717) is 6.54 Å². The summed E-state index contributed by atoms with van der Waals surface area (Å²) >= 11 is 0. The Morgan fingerprint density at radius 2 is 2.17 bits per heavy atom. The molecule has 1 atom stereocenters. The van der Waals surface area contributed by atoms with Crippen molar-refractivity contribution in [1.29, 1.82) is 0 Å². The molecular formula is C14H21F3N4O2. The lowest BCUT2D eigenvalue weighted by Crippen LogP contribution is -2.48. The Labute approximate surface area is 132 Å². The average molecular weight is 334 g/mol. The number of imidazole rings is 1. The van der Waals surface area contributed by atoms with Crippen molar-refractivity contribution < 1.29 is 23.1 Å². The average Bonchev–Trinajstić information content (AvgIpc) is 3.19. The molecule has 1 aliphatic carbocycles. The Kier molecular flexibility index (Phi) is 4.88. The van der Waals surface area contributed by atoms with Crippen molar-refractivity contribution in [3.05, 3.63) is 18.2 Å². The van der Waals surface area contributed by atoms with Crippen molar-refractivity contribution in [2.75, 3.05) is 13.1 Å². The van der Waals surface area contributed by atoms with Gasteiger partial charge in [-0.05, 0) is 19.8 Å². The fraction of sp³-hybridized carbons (Fsp3) is 0.714. The minimum atomic E-state index is -4.89. The number of halogens is 3. The van der Waals surface area contributed by atoms with Crippen LogP contribution in [0.2, 0.25) is 0 Å². The molecule has 0 bridgehead atoms. The van der Waals surface area contributed by atoms with Crippen molar-refractivity contribution in [3.63, 3.8) is 0 Å². The van der Waals surface area contributed by atoms with Crippen molar-refractivity contribution in [1.82, 2.24) is 19.8 Å². The van der Waals surface area contributed by atoms with E-state index in [9.17, 15) is 23.1 Å². The van der Waals surface area contributed by atoms with E-state index in [1.54, 1.807) is 4.90 Å². The third kappa shape index (κ3) is 3.60. The largest absolute Gasteiger partial charge is 0.424 e. The summed E-state index contributed by atoms with van der Waals surface area (Å²) in [6, 6.07) is -0.226. The van der Waals surface area contributed by atoms with Gasteiger partial charge in [-0.3, -0.25) is 0 Å². The maximum Gasteiger partial charge on any atom is 0.424 e. The maximum atomic E-state index is 13.3. The lowest BCUT2D eigenvalue weighted by molar-refractivity contribution is -0.272. The van der Waals surface area contributed by atoms with E-state index in [1.165, 1.54) is 19.4 Å². The van der Waals surface area contributed by atoms with Crippen molar-refractivity contribution in [2.24, 2.45) is 7.05 Å². The van der Waals surface area contributed by atoms with E-state index < -0.39 is 30.1 Å². The molecule has 2 amide bonds. The van der Waals surface area contributed by atoms with Gasteiger partial charge in [0.25, 0.3) is 0 Å². The number of hydrogen-bond acceptors (Lipinski definition) is 3. The molecule has 2 N–H and O–H groups in total. The number of alkyl halides is 3. The van der Waals surface area contributed by atoms with Crippen molar-refractivity contribution >= 4 is 6.03 Å². The molecule has 0 aliphatic heterocycles. The number of hydrogen-bond donors (Lipinski definition) is 2. The Bertz CT molecular complexity index is 556. The van der Waals surface area contributed by atoms with Gasteiger partial charge in [-0.1, -0.05) is 0 Å². The van der Waals surface area contributed by atoms with Gasteiger partial charge >= 0.3 is 12.2 Å². The summed E-state index contributed by atoms with van der Waals surface area (Å²) < 4.78 is 41.0. The fourth-order valence-corrected chi connectivity index (χ4v) is 2.55. The zero-order valence-electron chi connectivity index (χ0n) is 13.1.